The van der Waals surface area contributed by atoms with Crippen molar-refractivity contribution in [3.8, 4) is 0 Å². The van der Waals surface area contributed by atoms with Crippen LogP contribution < -0.4 is 10.2 Å². The van der Waals surface area contributed by atoms with Crippen molar-refractivity contribution in [1.82, 2.24) is 5.32 Å². The molecule has 0 bridgehead atoms. The fourth-order valence-corrected chi connectivity index (χ4v) is 2.38. The first-order valence-corrected chi connectivity index (χ1v) is 6.32. The van der Waals surface area contributed by atoms with Crippen molar-refractivity contribution >= 4 is 33.4 Å². The Morgan fingerprint density at radius 1 is 1.50 bits per heavy atom. The van der Waals surface area contributed by atoms with Gasteiger partial charge in [0.2, 0.25) is 11.8 Å². The Labute approximate surface area is 113 Å². The van der Waals surface area contributed by atoms with E-state index in [0.717, 1.165) is 4.47 Å². The van der Waals surface area contributed by atoms with Crippen molar-refractivity contribution in [3.05, 3.63) is 28.2 Å². The molecule has 18 heavy (non-hydrogen) atoms. The molecule has 2 N–H and O–H groups in total. The third-order valence-corrected chi connectivity index (χ3v) is 3.44. The van der Waals surface area contributed by atoms with E-state index >= 15 is 0 Å². The maximum Gasteiger partial charge on any atom is 0.249 e. The smallest absolute Gasteiger partial charge is 0.249 e. The fourth-order valence-electron chi connectivity index (χ4n) is 1.97. The standard InChI is InChI=1S/C12H13BrN2O3/c1-7-12(18)14-11(17)5-15(7)10-3-2-9(13)4-8(10)6-16/h2-4,7,16H,5-6H2,1H3,(H,14,17,18). The average molecular weight is 313 g/mol. The highest BCUT2D eigenvalue weighted by molar-refractivity contribution is 9.10. The molecule has 1 heterocycles. The molecule has 0 radical (unpaired) electrons. The molecule has 0 aliphatic carbocycles. The first kappa shape index (κ1) is 13.0. The minimum atomic E-state index is -0.436. The van der Waals surface area contributed by atoms with E-state index in [9.17, 15) is 14.7 Å². The van der Waals surface area contributed by atoms with E-state index in [1.54, 1.807) is 24.0 Å². The van der Waals surface area contributed by atoms with Gasteiger partial charge in [-0.1, -0.05) is 15.9 Å². The number of piperazine rings is 1. The minimum Gasteiger partial charge on any atom is -0.392 e. The van der Waals surface area contributed by atoms with Crippen molar-refractivity contribution in [2.24, 2.45) is 0 Å². The summed E-state index contributed by atoms with van der Waals surface area (Å²) in [6.45, 7) is 1.69. The Morgan fingerprint density at radius 3 is 2.89 bits per heavy atom. The zero-order valence-electron chi connectivity index (χ0n) is 9.81. The Bertz CT molecular complexity index is 504. The van der Waals surface area contributed by atoms with Gasteiger partial charge in [0.25, 0.3) is 0 Å². The summed E-state index contributed by atoms with van der Waals surface area (Å²) in [5, 5.41) is 11.6. The van der Waals surface area contributed by atoms with Gasteiger partial charge in [0.05, 0.1) is 13.2 Å². The number of nitrogens with one attached hydrogen (secondary N) is 1. The van der Waals surface area contributed by atoms with E-state index in [1.807, 2.05) is 6.07 Å². The summed E-state index contributed by atoms with van der Waals surface area (Å²) >= 11 is 3.32. The van der Waals surface area contributed by atoms with Crippen LogP contribution in [0.5, 0.6) is 0 Å². The largest absolute Gasteiger partial charge is 0.392 e. The number of carbonyl (C=O) groups excluding carboxylic acids is 2. The second-order valence-corrected chi connectivity index (χ2v) is 5.06. The number of anilines is 1. The van der Waals surface area contributed by atoms with Gasteiger partial charge < -0.3 is 10.0 Å². The molecule has 1 atom stereocenters. The maximum absolute atomic E-state index is 11.6. The predicted molar refractivity (Wildman–Crippen MR) is 70.0 cm³/mol. The van der Waals surface area contributed by atoms with Gasteiger partial charge in [-0.3, -0.25) is 14.9 Å². The van der Waals surface area contributed by atoms with Gasteiger partial charge in [-0.25, -0.2) is 0 Å². The molecule has 1 aromatic rings. The molecule has 2 amide bonds. The van der Waals surface area contributed by atoms with Gasteiger partial charge >= 0.3 is 0 Å². The second kappa shape index (κ2) is 5.07. The average Bonchev–Trinajstić information content (AvgIpc) is 2.34. The number of hydrogen-bond acceptors (Lipinski definition) is 4. The molecule has 1 aliphatic rings. The first-order chi connectivity index (χ1) is 8.52. The Kier molecular flexibility index (Phi) is 3.68. The number of rotatable bonds is 2. The van der Waals surface area contributed by atoms with Crippen LogP contribution in [0.25, 0.3) is 0 Å². The van der Waals surface area contributed by atoms with E-state index in [0.29, 0.717) is 11.3 Å². The zero-order valence-corrected chi connectivity index (χ0v) is 11.4. The highest BCUT2D eigenvalue weighted by Gasteiger charge is 2.31. The molecule has 1 saturated heterocycles. The van der Waals surface area contributed by atoms with E-state index in [-0.39, 0.29) is 25.0 Å². The lowest BCUT2D eigenvalue weighted by Gasteiger charge is -2.34. The van der Waals surface area contributed by atoms with Gasteiger partial charge in [-0.2, -0.15) is 0 Å². The van der Waals surface area contributed by atoms with Gasteiger partial charge in [-0.05, 0) is 25.1 Å². The van der Waals surface area contributed by atoms with Crippen LogP contribution >= 0.6 is 15.9 Å². The van der Waals surface area contributed by atoms with Gasteiger partial charge in [0.1, 0.15) is 6.04 Å². The molecule has 2 rings (SSSR count). The molecule has 96 valence electrons. The lowest BCUT2D eigenvalue weighted by atomic mass is 10.1. The highest BCUT2D eigenvalue weighted by atomic mass is 79.9. The lowest BCUT2D eigenvalue weighted by Crippen LogP contribution is -2.57. The SMILES string of the molecule is CC1C(=O)NC(=O)CN1c1ccc(Br)cc1CO. The minimum absolute atomic E-state index is 0.113. The summed E-state index contributed by atoms with van der Waals surface area (Å²) in [6, 6.07) is 4.95. The van der Waals surface area contributed by atoms with Crippen molar-refractivity contribution < 1.29 is 14.7 Å². The quantitative estimate of drug-likeness (QED) is 0.792. The number of imide groups is 1. The number of benzene rings is 1. The molecule has 1 aliphatic heterocycles. The molecular weight excluding hydrogens is 300 g/mol. The third kappa shape index (κ3) is 2.39. The normalized spacial score (nSPS) is 19.9. The fraction of sp³-hybridized carbons (Fsp3) is 0.333. The second-order valence-electron chi connectivity index (χ2n) is 4.15. The summed E-state index contributed by atoms with van der Waals surface area (Å²) < 4.78 is 0.843. The molecule has 1 unspecified atom stereocenters. The molecule has 0 spiro atoms. The van der Waals surface area contributed by atoms with Crippen LogP contribution in [0.15, 0.2) is 22.7 Å². The number of halogens is 1. The van der Waals surface area contributed by atoms with Crippen LogP contribution in [0.4, 0.5) is 5.69 Å². The molecule has 0 aromatic heterocycles. The van der Waals surface area contributed by atoms with Crippen molar-refractivity contribution in [2.75, 3.05) is 11.4 Å². The van der Waals surface area contributed by atoms with Crippen LogP contribution in [0.1, 0.15) is 12.5 Å². The molecule has 1 aromatic carbocycles. The topological polar surface area (TPSA) is 69.6 Å². The monoisotopic (exact) mass is 312 g/mol. The first-order valence-electron chi connectivity index (χ1n) is 5.52. The van der Waals surface area contributed by atoms with E-state index in [1.165, 1.54) is 0 Å². The maximum atomic E-state index is 11.6. The van der Waals surface area contributed by atoms with Crippen LogP contribution in [0, 0.1) is 0 Å². The van der Waals surface area contributed by atoms with Crippen LogP contribution in [-0.4, -0.2) is 29.5 Å². The van der Waals surface area contributed by atoms with Crippen molar-refractivity contribution in [2.45, 2.75) is 19.6 Å². The summed E-state index contributed by atoms with van der Waals surface area (Å²) in [7, 11) is 0. The van der Waals surface area contributed by atoms with Crippen LogP contribution in [0.3, 0.4) is 0 Å². The Balaban J connectivity index is 2.40. The Morgan fingerprint density at radius 2 is 2.22 bits per heavy atom. The zero-order chi connectivity index (χ0) is 13.3. The number of hydrogen-bond donors (Lipinski definition) is 2. The number of aliphatic hydroxyl groups is 1. The summed E-state index contributed by atoms with van der Waals surface area (Å²) in [6.07, 6.45) is 0. The Hall–Kier alpha value is -1.40. The number of aliphatic hydroxyl groups excluding tert-OH is 1. The van der Waals surface area contributed by atoms with Crippen LogP contribution in [0.2, 0.25) is 0 Å². The number of carbonyl (C=O) groups is 2. The summed E-state index contributed by atoms with van der Waals surface area (Å²) in [5.74, 6) is -0.650. The predicted octanol–water partition coefficient (Wildman–Crippen LogP) is 0.793. The van der Waals surface area contributed by atoms with E-state index in [2.05, 4.69) is 21.2 Å². The van der Waals surface area contributed by atoms with Gasteiger partial charge in [0.15, 0.2) is 0 Å². The van der Waals surface area contributed by atoms with E-state index in [4.69, 9.17) is 0 Å². The molecular formula is C12H13BrN2O3. The van der Waals surface area contributed by atoms with Crippen molar-refractivity contribution in [1.29, 1.82) is 0 Å². The molecule has 0 saturated carbocycles. The van der Waals surface area contributed by atoms with Crippen LogP contribution in [-0.2, 0) is 16.2 Å². The lowest BCUT2D eigenvalue weighted by molar-refractivity contribution is -0.132. The number of amides is 2. The molecule has 5 nitrogen and oxygen atoms in total. The van der Waals surface area contributed by atoms with Gasteiger partial charge in [0, 0.05) is 15.7 Å². The summed E-state index contributed by atoms with van der Waals surface area (Å²) in [4.78, 5) is 24.7. The summed E-state index contributed by atoms with van der Waals surface area (Å²) in [5.41, 5.74) is 1.38. The van der Waals surface area contributed by atoms with E-state index < -0.39 is 6.04 Å². The highest BCUT2D eigenvalue weighted by Crippen LogP contribution is 2.27. The van der Waals surface area contributed by atoms with Crippen molar-refractivity contribution in [3.63, 3.8) is 0 Å². The molecule has 6 heteroatoms. The third-order valence-electron chi connectivity index (χ3n) is 2.94. The molecule has 1 fully saturated rings. The van der Waals surface area contributed by atoms with Gasteiger partial charge in [-0.15, -0.1) is 0 Å². The number of nitrogens with zero attached hydrogens (tertiary/aromatic N) is 1.